The Bertz CT molecular complexity index is 782. The number of aliphatic imine (C=N–C) groups is 1. The van der Waals surface area contributed by atoms with Crippen molar-refractivity contribution in [2.24, 2.45) is 4.99 Å². The Morgan fingerprint density at radius 3 is 2.92 bits per heavy atom. The van der Waals surface area contributed by atoms with Gasteiger partial charge in [-0.3, -0.25) is 4.79 Å². The van der Waals surface area contributed by atoms with Crippen LogP contribution < -0.4 is 0 Å². The van der Waals surface area contributed by atoms with Crippen LogP contribution in [0, 0.1) is 0 Å². The fourth-order valence-electron chi connectivity index (χ4n) is 3.43. The zero-order chi connectivity index (χ0) is 18.3. The van der Waals surface area contributed by atoms with Crippen molar-refractivity contribution in [3.05, 3.63) is 46.6 Å². The van der Waals surface area contributed by atoms with Crippen LogP contribution in [0.5, 0.6) is 0 Å². The van der Waals surface area contributed by atoms with E-state index < -0.39 is 12.3 Å². The first-order chi connectivity index (χ1) is 12.6. The van der Waals surface area contributed by atoms with E-state index in [-0.39, 0.29) is 30.6 Å². The fraction of sp³-hybridized carbons (Fsp3) is 0.474. The van der Waals surface area contributed by atoms with Gasteiger partial charge in [0, 0.05) is 30.6 Å². The Balaban J connectivity index is 1.52. The molecule has 3 heterocycles. The van der Waals surface area contributed by atoms with Crippen LogP contribution >= 0.6 is 11.6 Å². The maximum atomic E-state index is 14.1. The van der Waals surface area contributed by atoms with E-state index in [0.29, 0.717) is 18.0 Å². The van der Waals surface area contributed by atoms with E-state index in [1.54, 1.807) is 4.90 Å². The molecule has 0 N–H and O–H groups in total. The van der Waals surface area contributed by atoms with Crippen LogP contribution in [0.1, 0.15) is 30.9 Å². The number of benzene rings is 1. The first kappa shape index (κ1) is 17.5. The van der Waals surface area contributed by atoms with E-state index in [1.165, 1.54) is 11.8 Å². The molecule has 3 aliphatic heterocycles. The number of fused-ring (bicyclic) bond motifs is 2. The SMILES string of the molecule is CCC(OC1=NC=C(Cl)CC1F)C(=O)N1Cc2ccccc2CC2OC21. The summed E-state index contributed by atoms with van der Waals surface area (Å²) in [5, 5.41) is 0.336. The molecule has 138 valence electrons. The number of carbonyl (C=O) groups excluding carboxylic acids is 1. The highest BCUT2D eigenvalue weighted by Crippen LogP contribution is 2.36. The van der Waals surface area contributed by atoms with Gasteiger partial charge in [0.25, 0.3) is 5.91 Å². The van der Waals surface area contributed by atoms with Crippen LogP contribution in [0.15, 0.2) is 40.5 Å². The predicted octanol–water partition coefficient (Wildman–Crippen LogP) is 3.31. The van der Waals surface area contributed by atoms with E-state index in [0.717, 1.165) is 12.0 Å². The van der Waals surface area contributed by atoms with Crippen LogP contribution in [-0.4, -0.2) is 41.3 Å². The molecule has 0 spiro atoms. The molecule has 4 unspecified atom stereocenters. The first-order valence-electron chi connectivity index (χ1n) is 8.82. The molecule has 0 aromatic heterocycles. The van der Waals surface area contributed by atoms with Gasteiger partial charge >= 0.3 is 0 Å². The third-order valence-electron chi connectivity index (χ3n) is 4.91. The Morgan fingerprint density at radius 2 is 2.19 bits per heavy atom. The van der Waals surface area contributed by atoms with Crippen LogP contribution in [0.3, 0.4) is 0 Å². The van der Waals surface area contributed by atoms with Gasteiger partial charge in [0.05, 0.1) is 0 Å². The maximum absolute atomic E-state index is 14.1. The number of alkyl halides is 1. The summed E-state index contributed by atoms with van der Waals surface area (Å²) in [6, 6.07) is 8.05. The topological polar surface area (TPSA) is 54.4 Å². The molecule has 1 aromatic carbocycles. The molecule has 1 amide bonds. The van der Waals surface area contributed by atoms with Crippen molar-refractivity contribution in [3.63, 3.8) is 0 Å². The second-order valence-electron chi connectivity index (χ2n) is 6.73. The lowest BCUT2D eigenvalue weighted by Crippen LogP contribution is -2.43. The molecule has 7 heteroatoms. The number of allylic oxidation sites excluding steroid dienone is 1. The average Bonchev–Trinajstić information content (AvgIpc) is 3.39. The number of hydrogen-bond donors (Lipinski definition) is 0. The van der Waals surface area contributed by atoms with Crippen molar-refractivity contribution in [1.82, 2.24) is 4.90 Å². The first-order valence-corrected chi connectivity index (χ1v) is 9.20. The van der Waals surface area contributed by atoms with Crippen LogP contribution in [0.25, 0.3) is 0 Å². The number of nitrogens with zero attached hydrogens (tertiary/aromatic N) is 2. The van der Waals surface area contributed by atoms with Gasteiger partial charge in [0.1, 0.15) is 6.10 Å². The van der Waals surface area contributed by atoms with E-state index in [9.17, 15) is 9.18 Å². The molecule has 26 heavy (non-hydrogen) atoms. The minimum absolute atomic E-state index is 0.0165. The summed E-state index contributed by atoms with van der Waals surface area (Å²) in [4.78, 5) is 18.7. The lowest BCUT2D eigenvalue weighted by atomic mass is 10.0. The molecular weight excluding hydrogens is 359 g/mol. The molecule has 4 atom stereocenters. The Kier molecular flexibility index (Phi) is 4.71. The molecule has 3 aliphatic rings. The second-order valence-corrected chi connectivity index (χ2v) is 7.22. The smallest absolute Gasteiger partial charge is 0.266 e. The standard InChI is InChI=1S/C19H20ClFN2O3/c1-2-15(25-17-14(21)8-13(20)9-22-17)18(24)23-10-12-6-4-3-5-11(12)7-16-19(23)26-16/h3-6,9,14-16,19H,2,7-8,10H2,1H3. The molecule has 0 aliphatic carbocycles. The number of epoxide rings is 1. The molecule has 0 radical (unpaired) electrons. The second kappa shape index (κ2) is 7.00. The van der Waals surface area contributed by atoms with Crippen LogP contribution in [0.4, 0.5) is 4.39 Å². The number of ether oxygens (including phenoxy) is 2. The van der Waals surface area contributed by atoms with Crippen molar-refractivity contribution in [1.29, 1.82) is 0 Å². The number of carbonyl (C=O) groups is 1. The van der Waals surface area contributed by atoms with Gasteiger partial charge in [0.2, 0.25) is 5.90 Å². The highest BCUT2D eigenvalue weighted by Gasteiger charge is 2.49. The highest BCUT2D eigenvalue weighted by molar-refractivity contribution is 6.30. The number of amides is 1. The highest BCUT2D eigenvalue weighted by atomic mass is 35.5. The zero-order valence-electron chi connectivity index (χ0n) is 14.4. The summed E-state index contributed by atoms with van der Waals surface area (Å²) < 4.78 is 25.4. The molecule has 1 saturated heterocycles. The summed E-state index contributed by atoms with van der Waals surface area (Å²) >= 11 is 5.79. The lowest BCUT2D eigenvalue weighted by molar-refractivity contribution is -0.142. The Hall–Kier alpha value is -1.92. The Morgan fingerprint density at radius 1 is 1.42 bits per heavy atom. The van der Waals surface area contributed by atoms with Crippen molar-refractivity contribution in [3.8, 4) is 0 Å². The van der Waals surface area contributed by atoms with E-state index in [2.05, 4.69) is 11.1 Å². The van der Waals surface area contributed by atoms with Gasteiger partial charge in [-0.05, 0) is 17.5 Å². The molecular formula is C19H20ClFN2O3. The van der Waals surface area contributed by atoms with Crippen molar-refractivity contribution in [2.45, 2.75) is 57.3 Å². The minimum Gasteiger partial charge on any atom is -0.465 e. The molecule has 0 bridgehead atoms. The van der Waals surface area contributed by atoms with Crippen LogP contribution in [0.2, 0.25) is 0 Å². The van der Waals surface area contributed by atoms with E-state index in [1.807, 2.05) is 25.1 Å². The predicted molar refractivity (Wildman–Crippen MR) is 95.4 cm³/mol. The summed E-state index contributed by atoms with van der Waals surface area (Å²) in [6.07, 6.45) is 0.153. The molecule has 1 aromatic rings. The van der Waals surface area contributed by atoms with Crippen LogP contribution in [-0.2, 0) is 27.2 Å². The molecule has 4 rings (SSSR count). The van der Waals surface area contributed by atoms with Gasteiger partial charge in [-0.25, -0.2) is 9.38 Å². The third kappa shape index (κ3) is 3.35. The van der Waals surface area contributed by atoms with Gasteiger partial charge in [0.15, 0.2) is 18.5 Å². The summed E-state index contributed by atoms with van der Waals surface area (Å²) in [7, 11) is 0. The van der Waals surface area contributed by atoms with Gasteiger partial charge in [-0.2, -0.15) is 0 Å². The minimum atomic E-state index is -1.43. The largest absolute Gasteiger partial charge is 0.465 e. The maximum Gasteiger partial charge on any atom is 0.266 e. The lowest BCUT2D eigenvalue weighted by Gasteiger charge is -2.27. The van der Waals surface area contributed by atoms with Gasteiger partial charge in [-0.15, -0.1) is 0 Å². The number of rotatable bonds is 3. The fourth-order valence-corrected chi connectivity index (χ4v) is 3.61. The molecule has 5 nitrogen and oxygen atoms in total. The molecule has 0 saturated carbocycles. The average molecular weight is 379 g/mol. The van der Waals surface area contributed by atoms with E-state index >= 15 is 0 Å². The van der Waals surface area contributed by atoms with Gasteiger partial charge in [-0.1, -0.05) is 42.8 Å². The quantitative estimate of drug-likeness (QED) is 0.758. The van der Waals surface area contributed by atoms with Gasteiger partial charge < -0.3 is 14.4 Å². The zero-order valence-corrected chi connectivity index (χ0v) is 15.2. The number of hydrogen-bond acceptors (Lipinski definition) is 4. The summed E-state index contributed by atoms with van der Waals surface area (Å²) in [5.41, 5.74) is 2.31. The van der Waals surface area contributed by atoms with Crippen molar-refractivity contribution < 1.29 is 18.7 Å². The normalized spacial score (nSPS) is 28.1. The molecule has 1 fully saturated rings. The third-order valence-corrected chi connectivity index (χ3v) is 5.16. The monoisotopic (exact) mass is 378 g/mol. The van der Waals surface area contributed by atoms with Crippen molar-refractivity contribution >= 4 is 23.4 Å². The number of halogens is 2. The summed E-state index contributed by atoms with van der Waals surface area (Å²) in [6.45, 7) is 2.30. The Labute approximate surface area is 156 Å². The van der Waals surface area contributed by atoms with E-state index in [4.69, 9.17) is 21.1 Å². The van der Waals surface area contributed by atoms with Crippen molar-refractivity contribution in [2.75, 3.05) is 0 Å². The summed E-state index contributed by atoms with van der Waals surface area (Å²) in [5.74, 6) is -0.287.